The van der Waals surface area contributed by atoms with Crippen molar-refractivity contribution in [1.29, 1.82) is 0 Å². The third-order valence-electron chi connectivity index (χ3n) is 4.87. The number of ether oxygens (including phenoxy) is 1. The molecule has 0 unspecified atom stereocenters. The molecule has 3 aliphatic rings. The van der Waals surface area contributed by atoms with Gasteiger partial charge in [-0.2, -0.15) is 0 Å². The van der Waals surface area contributed by atoms with E-state index in [0.29, 0.717) is 10.8 Å². The molecular weight excluding hydrogens is 210 g/mol. The highest BCUT2D eigenvalue weighted by molar-refractivity contribution is 5.16. The van der Waals surface area contributed by atoms with E-state index in [0.717, 1.165) is 19.3 Å². The molecule has 2 aliphatic heterocycles. The van der Waals surface area contributed by atoms with Crippen LogP contribution in [0.4, 0.5) is 0 Å². The molecule has 2 fully saturated rings. The fourth-order valence-electron chi connectivity index (χ4n) is 3.52. The van der Waals surface area contributed by atoms with Crippen molar-refractivity contribution in [3.63, 3.8) is 0 Å². The van der Waals surface area contributed by atoms with Crippen molar-refractivity contribution in [1.82, 2.24) is 4.90 Å². The van der Waals surface area contributed by atoms with Gasteiger partial charge in [0.2, 0.25) is 0 Å². The van der Waals surface area contributed by atoms with Crippen molar-refractivity contribution in [3.8, 4) is 0 Å². The third-order valence-corrected chi connectivity index (χ3v) is 4.87. The number of rotatable bonds is 1. The first-order valence-corrected chi connectivity index (χ1v) is 7.00. The molecule has 0 aromatic heterocycles. The smallest absolute Gasteiger partial charge is 0.0545 e. The lowest BCUT2D eigenvalue weighted by molar-refractivity contribution is -0.183. The van der Waals surface area contributed by atoms with Gasteiger partial charge in [-0.1, -0.05) is 32.4 Å². The summed E-state index contributed by atoms with van der Waals surface area (Å²) in [5, 5.41) is 0. The van der Waals surface area contributed by atoms with Gasteiger partial charge in [-0.25, -0.2) is 0 Å². The summed E-state index contributed by atoms with van der Waals surface area (Å²) in [7, 11) is 0. The van der Waals surface area contributed by atoms with E-state index in [1.54, 1.807) is 5.57 Å². The summed E-state index contributed by atoms with van der Waals surface area (Å²) in [6, 6.07) is 0.844. The summed E-state index contributed by atoms with van der Waals surface area (Å²) >= 11 is 0. The van der Waals surface area contributed by atoms with Crippen molar-refractivity contribution in [2.24, 2.45) is 10.8 Å². The maximum Gasteiger partial charge on any atom is 0.0545 e. The van der Waals surface area contributed by atoms with Crippen molar-refractivity contribution in [2.75, 3.05) is 26.3 Å². The SMILES string of the molecule is CC(C)(C)C1=CCN(C2CC3(COC3)C2)CC1. The van der Waals surface area contributed by atoms with E-state index >= 15 is 0 Å². The van der Waals surface area contributed by atoms with Crippen LogP contribution in [0.3, 0.4) is 0 Å². The van der Waals surface area contributed by atoms with E-state index < -0.39 is 0 Å². The minimum Gasteiger partial charge on any atom is -0.380 e. The van der Waals surface area contributed by atoms with E-state index in [1.807, 2.05) is 0 Å². The lowest BCUT2D eigenvalue weighted by Crippen LogP contribution is -2.60. The molecule has 1 aliphatic carbocycles. The zero-order chi connectivity index (χ0) is 12.1. The molecule has 0 radical (unpaired) electrons. The number of nitrogens with zero attached hydrogens (tertiary/aromatic N) is 1. The standard InChI is InChI=1S/C15H25NO/c1-14(2,3)12-4-6-16(7-5-12)13-8-15(9-13)10-17-11-15/h4,13H,5-11H2,1-3H3. The largest absolute Gasteiger partial charge is 0.380 e. The topological polar surface area (TPSA) is 12.5 Å². The second-order valence-electron chi connectivity index (χ2n) is 7.28. The first-order chi connectivity index (χ1) is 7.99. The lowest BCUT2D eigenvalue weighted by atomic mass is 9.63. The molecule has 1 saturated carbocycles. The van der Waals surface area contributed by atoms with Gasteiger partial charge in [0, 0.05) is 24.5 Å². The minimum atomic E-state index is 0.370. The molecule has 0 N–H and O–H groups in total. The van der Waals surface area contributed by atoms with Gasteiger partial charge in [-0.3, -0.25) is 4.90 Å². The molecule has 2 heterocycles. The molecule has 2 nitrogen and oxygen atoms in total. The zero-order valence-corrected chi connectivity index (χ0v) is 11.5. The van der Waals surface area contributed by atoms with Gasteiger partial charge < -0.3 is 4.74 Å². The van der Waals surface area contributed by atoms with Crippen molar-refractivity contribution in [3.05, 3.63) is 11.6 Å². The highest BCUT2D eigenvalue weighted by Gasteiger charge is 2.51. The van der Waals surface area contributed by atoms with Crippen LogP contribution in [0, 0.1) is 10.8 Å². The maximum atomic E-state index is 5.35. The normalized spacial score (nSPS) is 29.7. The summed E-state index contributed by atoms with van der Waals surface area (Å²) in [5.41, 5.74) is 2.63. The van der Waals surface area contributed by atoms with E-state index in [4.69, 9.17) is 4.74 Å². The maximum absolute atomic E-state index is 5.35. The Kier molecular flexibility index (Phi) is 2.64. The molecule has 0 bridgehead atoms. The molecule has 0 aromatic rings. The summed E-state index contributed by atoms with van der Waals surface area (Å²) in [4.78, 5) is 2.68. The van der Waals surface area contributed by atoms with Crippen LogP contribution >= 0.6 is 0 Å². The second-order valence-corrected chi connectivity index (χ2v) is 7.28. The summed E-state index contributed by atoms with van der Waals surface area (Å²) in [5.74, 6) is 0. The Morgan fingerprint density at radius 2 is 2.00 bits per heavy atom. The highest BCUT2D eigenvalue weighted by atomic mass is 16.5. The summed E-state index contributed by atoms with van der Waals surface area (Å²) < 4.78 is 5.35. The second kappa shape index (κ2) is 3.83. The van der Waals surface area contributed by atoms with Crippen LogP contribution in [0.15, 0.2) is 11.6 Å². The molecule has 17 heavy (non-hydrogen) atoms. The quantitative estimate of drug-likeness (QED) is 0.648. The molecule has 0 aromatic carbocycles. The highest BCUT2D eigenvalue weighted by Crippen LogP contribution is 2.49. The molecule has 1 saturated heterocycles. The number of hydrogen-bond donors (Lipinski definition) is 0. The van der Waals surface area contributed by atoms with Crippen molar-refractivity contribution < 1.29 is 4.74 Å². The fourth-order valence-corrected chi connectivity index (χ4v) is 3.52. The van der Waals surface area contributed by atoms with Gasteiger partial charge in [-0.05, 0) is 24.7 Å². The van der Waals surface area contributed by atoms with E-state index in [2.05, 4.69) is 31.7 Å². The van der Waals surface area contributed by atoms with Crippen molar-refractivity contribution in [2.45, 2.75) is 46.1 Å². The molecule has 0 amide bonds. The van der Waals surface area contributed by atoms with Gasteiger partial charge in [0.25, 0.3) is 0 Å². The molecule has 3 rings (SSSR count). The summed E-state index contributed by atoms with van der Waals surface area (Å²) in [6.07, 6.45) is 6.51. The fraction of sp³-hybridized carbons (Fsp3) is 0.867. The van der Waals surface area contributed by atoms with Crippen LogP contribution in [0.1, 0.15) is 40.0 Å². The van der Waals surface area contributed by atoms with Crippen LogP contribution in [-0.2, 0) is 4.74 Å². The Morgan fingerprint density at radius 1 is 1.29 bits per heavy atom. The zero-order valence-electron chi connectivity index (χ0n) is 11.5. The van der Waals surface area contributed by atoms with Gasteiger partial charge in [0.05, 0.1) is 13.2 Å². The van der Waals surface area contributed by atoms with Crippen molar-refractivity contribution >= 4 is 0 Å². The van der Waals surface area contributed by atoms with Gasteiger partial charge in [-0.15, -0.1) is 0 Å². The summed E-state index contributed by atoms with van der Waals surface area (Å²) in [6.45, 7) is 11.5. The Labute approximate surface area is 105 Å². The van der Waals surface area contributed by atoms with Crippen LogP contribution in [0.5, 0.6) is 0 Å². The van der Waals surface area contributed by atoms with E-state index in [-0.39, 0.29) is 0 Å². The van der Waals surface area contributed by atoms with Gasteiger partial charge in [0.15, 0.2) is 0 Å². The monoisotopic (exact) mass is 235 g/mol. The third kappa shape index (κ3) is 2.06. The average Bonchev–Trinajstić information content (AvgIpc) is 2.12. The van der Waals surface area contributed by atoms with Gasteiger partial charge in [0.1, 0.15) is 0 Å². The Morgan fingerprint density at radius 3 is 2.41 bits per heavy atom. The predicted octanol–water partition coefficient (Wildman–Crippen LogP) is 2.84. The van der Waals surface area contributed by atoms with Crippen LogP contribution in [0.2, 0.25) is 0 Å². The lowest BCUT2D eigenvalue weighted by Gasteiger charge is -2.56. The molecule has 2 heteroatoms. The van der Waals surface area contributed by atoms with Crippen LogP contribution in [0.25, 0.3) is 0 Å². The molecule has 96 valence electrons. The van der Waals surface area contributed by atoms with Gasteiger partial charge >= 0.3 is 0 Å². The molecule has 1 spiro atoms. The van der Waals surface area contributed by atoms with Crippen LogP contribution < -0.4 is 0 Å². The van der Waals surface area contributed by atoms with E-state index in [1.165, 1.54) is 32.4 Å². The Hall–Kier alpha value is -0.340. The minimum absolute atomic E-state index is 0.370. The Bertz CT molecular complexity index is 327. The number of hydrogen-bond acceptors (Lipinski definition) is 2. The molecule has 0 atom stereocenters. The molecular formula is C15H25NO. The average molecular weight is 235 g/mol. The predicted molar refractivity (Wildman–Crippen MR) is 70.0 cm³/mol. The Balaban J connectivity index is 1.54. The first kappa shape index (κ1) is 11.7. The van der Waals surface area contributed by atoms with Crippen LogP contribution in [-0.4, -0.2) is 37.2 Å². The van der Waals surface area contributed by atoms with E-state index in [9.17, 15) is 0 Å². The first-order valence-electron chi connectivity index (χ1n) is 7.00.